The monoisotopic (exact) mass is 314 g/mol. The highest BCUT2D eigenvalue weighted by atomic mass is 16.5. The van der Waals surface area contributed by atoms with E-state index in [1.165, 1.54) is 12.7 Å². The summed E-state index contributed by atoms with van der Waals surface area (Å²) in [7, 11) is 0. The first kappa shape index (κ1) is 14.6. The van der Waals surface area contributed by atoms with Crippen LogP contribution in [0.1, 0.15) is 36.2 Å². The number of aromatic nitrogens is 3. The molecule has 2 aromatic rings. The lowest BCUT2D eigenvalue weighted by Gasteiger charge is -2.38. The van der Waals surface area contributed by atoms with Crippen LogP contribution in [0.25, 0.3) is 5.65 Å². The minimum atomic E-state index is 0.0675. The van der Waals surface area contributed by atoms with E-state index >= 15 is 0 Å². The van der Waals surface area contributed by atoms with Gasteiger partial charge in [0.15, 0.2) is 5.65 Å². The van der Waals surface area contributed by atoms with Crippen LogP contribution < -0.4 is 0 Å². The molecule has 1 amide bonds. The van der Waals surface area contributed by atoms with Gasteiger partial charge in [-0.25, -0.2) is 9.50 Å². The lowest BCUT2D eigenvalue weighted by molar-refractivity contribution is 0.0250. The summed E-state index contributed by atoms with van der Waals surface area (Å²) in [5.74, 6) is 1.37. The third-order valence-corrected chi connectivity index (χ3v) is 5.20. The third-order valence-electron chi connectivity index (χ3n) is 5.20. The molecular formula is C17H22N4O2. The van der Waals surface area contributed by atoms with Crippen molar-refractivity contribution >= 4 is 11.6 Å². The van der Waals surface area contributed by atoms with Gasteiger partial charge in [-0.3, -0.25) is 4.79 Å². The number of hydrogen-bond donors (Lipinski definition) is 0. The van der Waals surface area contributed by atoms with Crippen LogP contribution in [0, 0.1) is 11.8 Å². The maximum Gasteiger partial charge on any atom is 0.272 e. The Morgan fingerprint density at radius 2 is 2.04 bits per heavy atom. The number of nitrogens with zero attached hydrogens (tertiary/aromatic N) is 4. The molecular weight excluding hydrogens is 292 g/mol. The molecule has 0 aliphatic carbocycles. The first-order valence-corrected chi connectivity index (χ1v) is 8.49. The zero-order valence-corrected chi connectivity index (χ0v) is 13.2. The molecule has 0 bridgehead atoms. The number of hydrogen-bond acceptors (Lipinski definition) is 4. The third kappa shape index (κ3) is 2.83. The maximum absolute atomic E-state index is 13.0. The lowest BCUT2D eigenvalue weighted by atomic mass is 9.81. The van der Waals surface area contributed by atoms with Crippen molar-refractivity contribution in [2.24, 2.45) is 11.8 Å². The maximum atomic E-state index is 13.0. The Morgan fingerprint density at radius 3 is 2.91 bits per heavy atom. The predicted molar refractivity (Wildman–Crippen MR) is 85.2 cm³/mol. The summed E-state index contributed by atoms with van der Waals surface area (Å²) >= 11 is 0. The number of pyridine rings is 1. The molecule has 6 nitrogen and oxygen atoms in total. The molecule has 4 heterocycles. The van der Waals surface area contributed by atoms with E-state index in [-0.39, 0.29) is 5.91 Å². The van der Waals surface area contributed by atoms with E-state index < -0.39 is 0 Å². The van der Waals surface area contributed by atoms with Crippen LogP contribution in [0.5, 0.6) is 0 Å². The van der Waals surface area contributed by atoms with Crippen LogP contribution in [-0.2, 0) is 4.74 Å². The first-order chi connectivity index (χ1) is 11.3. The van der Waals surface area contributed by atoms with Crippen LogP contribution >= 0.6 is 0 Å². The van der Waals surface area contributed by atoms with Gasteiger partial charge in [0.2, 0.25) is 0 Å². The van der Waals surface area contributed by atoms with Gasteiger partial charge in [-0.2, -0.15) is 5.10 Å². The highest BCUT2D eigenvalue weighted by molar-refractivity contribution is 5.93. The van der Waals surface area contributed by atoms with E-state index in [2.05, 4.69) is 10.1 Å². The number of rotatable bonds is 2. The molecule has 122 valence electrons. The quantitative estimate of drug-likeness (QED) is 0.851. The molecule has 2 saturated heterocycles. The summed E-state index contributed by atoms with van der Waals surface area (Å²) in [4.78, 5) is 19.1. The second-order valence-electron chi connectivity index (χ2n) is 6.54. The number of ether oxygens (including phenoxy) is 1. The van der Waals surface area contributed by atoms with Gasteiger partial charge >= 0.3 is 0 Å². The van der Waals surface area contributed by atoms with Crippen molar-refractivity contribution in [3.8, 4) is 0 Å². The minimum absolute atomic E-state index is 0.0675. The molecule has 2 fully saturated rings. The Kier molecular flexibility index (Phi) is 3.99. The van der Waals surface area contributed by atoms with Gasteiger partial charge < -0.3 is 9.64 Å². The van der Waals surface area contributed by atoms with Gasteiger partial charge in [0.25, 0.3) is 5.91 Å². The molecule has 23 heavy (non-hydrogen) atoms. The number of piperidine rings is 1. The number of amides is 1. The van der Waals surface area contributed by atoms with Gasteiger partial charge in [-0.15, -0.1) is 0 Å². The van der Waals surface area contributed by atoms with Gasteiger partial charge in [0.05, 0.1) is 0 Å². The molecule has 0 radical (unpaired) electrons. The topological polar surface area (TPSA) is 59.7 Å². The van der Waals surface area contributed by atoms with Crippen molar-refractivity contribution in [3.05, 3.63) is 30.2 Å². The van der Waals surface area contributed by atoms with E-state index in [1.807, 2.05) is 23.1 Å². The van der Waals surface area contributed by atoms with E-state index in [1.54, 1.807) is 4.52 Å². The predicted octanol–water partition coefficient (Wildman–Crippen LogP) is 2.01. The summed E-state index contributed by atoms with van der Waals surface area (Å²) in [5, 5.41) is 4.18. The Bertz CT molecular complexity index is 693. The molecule has 2 aliphatic rings. The smallest absolute Gasteiger partial charge is 0.272 e. The fourth-order valence-electron chi connectivity index (χ4n) is 3.94. The van der Waals surface area contributed by atoms with Crippen LogP contribution in [0.2, 0.25) is 0 Å². The van der Waals surface area contributed by atoms with Crippen LogP contribution in [0.15, 0.2) is 24.5 Å². The Morgan fingerprint density at radius 1 is 1.17 bits per heavy atom. The highest BCUT2D eigenvalue weighted by Crippen LogP contribution is 2.31. The van der Waals surface area contributed by atoms with E-state index in [4.69, 9.17) is 4.74 Å². The van der Waals surface area contributed by atoms with Crippen molar-refractivity contribution in [2.75, 3.05) is 26.3 Å². The second kappa shape index (κ2) is 6.28. The molecule has 1 atom stereocenters. The van der Waals surface area contributed by atoms with E-state index in [9.17, 15) is 4.79 Å². The normalized spacial score (nSPS) is 23.3. The van der Waals surface area contributed by atoms with Gasteiger partial charge in [-0.1, -0.05) is 6.07 Å². The van der Waals surface area contributed by atoms with E-state index in [0.29, 0.717) is 23.2 Å². The van der Waals surface area contributed by atoms with Crippen molar-refractivity contribution < 1.29 is 9.53 Å². The fraction of sp³-hybridized carbons (Fsp3) is 0.588. The Labute approximate surface area is 135 Å². The fourth-order valence-corrected chi connectivity index (χ4v) is 3.94. The molecule has 2 aliphatic heterocycles. The summed E-state index contributed by atoms with van der Waals surface area (Å²) < 4.78 is 7.11. The Balaban J connectivity index is 1.52. The lowest BCUT2D eigenvalue weighted by Crippen LogP contribution is -2.43. The van der Waals surface area contributed by atoms with Crippen molar-refractivity contribution in [2.45, 2.75) is 25.7 Å². The van der Waals surface area contributed by atoms with Crippen LogP contribution in [-0.4, -0.2) is 51.7 Å². The highest BCUT2D eigenvalue weighted by Gasteiger charge is 2.31. The largest absolute Gasteiger partial charge is 0.381 e. The van der Waals surface area contributed by atoms with Crippen LogP contribution in [0.3, 0.4) is 0 Å². The van der Waals surface area contributed by atoms with Crippen molar-refractivity contribution in [1.29, 1.82) is 0 Å². The molecule has 1 unspecified atom stereocenters. The van der Waals surface area contributed by atoms with Crippen molar-refractivity contribution in [1.82, 2.24) is 19.5 Å². The first-order valence-electron chi connectivity index (χ1n) is 8.49. The summed E-state index contributed by atoms with van der Waals surface area (Å²) in [5.41, 5.74) is 1.32. The van der Waals surface area contributed by atoms with Crippen LogP contribution in [0.4, 0.5) is 0 Å². The average molecular weight is 314 g/mol. The zero-order chi connectivity index (χ0) is 15.6. The summed E-state index contributed by atoms with van der Waals surface area (Å²) in [6.45, 7) is 3.43. The average Bonchev–Trinajstić information content (AvgIpc) is 3.11. The number of fused-ring (bicyclic) bond motifs is 1. The van der Waals surface area contributed by atoms with Gasteiger partial charge in [0.1, 0.15) is 12.0 Å². The Hall–Kier alpha value is -1.95. The molecule has 2 aromatic heterocycles. The zero-order valence-electron chi connectivity index (χ0n) is 13.2. The molecule has 0 spiro atoms. The molecule has 4 rings (SSSR count). The summed E-state index contributed by atoms with van der Waals surface area (Å²) in [6, 6.07) is 5.57. The number of likely N-dealkylation sites (tertiary alicyclic amines) is 1. The molecule has 6 heteroatoms. The number of carbonyl (C=O) groups is 1. The number of carbonyl (C=O) groups excluding carboxylic acids is 1. The van der Waals surface area contributed by atoms with E-state index in [0.717, 1.165) is 45.6 Å². The second-order valence-corrected chi connectivity index (χ2v) is 6.54. The van der Waals surface area contributed by atoms with Gasteiger partial charge in [0, 0.05) is 26.3 Å². The minimum Gasteiger partial charge on any atom is -0.381 e. The molecule has 0 aromatic carbocycles. The van der Waals surface area contributed by atoms with Crippen molar-refractivity contribution in [3.63, 3.8) is 0 Å². The standard InChI is InChI=1S/C17H22N4O2/c22-17(15-4-1-5-16-18-12-19-21(15)16)20-8-2-3-14(11-20)13-6-9-23-10-7-13/h1,4-5,12-14H,2-3,6-11H2. The molecule has 0 N–H and O–H groups in total. The van der Waals surface area contributed by atoms with Gasteiger partial charge in [-0.05, 0) is 49.7 Å². The summed E-state index contributed by atoms with van der Waals surface area (Å²) in [6.07, 6.45) is 6.06. The SMILES string of the molecule is O=C(c1cccc2ncnn12)N1CCCC(C2CCOCC2)C1. The molecule has 0 saturated carbocycles.